The second-order valence-electron chi connectivity index (χ2n) is 10.4. The smallest absolute Gasteiger partial charge is 0.335 e. The van der Waals surface area contributed by atoms with E-state index in [1.54, 1.807) is 0 Å². The van der Waals surface area contributed by atoms with Gasteiger partial charge in [-0.3, -0.25) is 14.4 Å². The van der Waals surface area contributed by atoms with E-state index >= 15 is 0 Å². The van der Waals surface area contributed by atoms with Crippen molar-refractivity contribution in [3.05, 3.63) is 0 Å². The standard InChI is InChI=1S/C31H58O6/c1-5-9-12-15-18-21-25-35-28(32)31(24-8-4,29(33)36-26-22-19-16-13-10-6-2)30(34)37-27-23-20-17-14-11-7-3/h5-27H2,1-4H3. The molecule has 0 aromatic rings. The van der Waals surface area contributed by atoms with Crippen LogP contribution >= 0.6 is 0 Å². The Hall–Kier alpha value is -1.59. The van der Waals surface area contributed by atoms with Crippen molar-refractivity contribution in [1.82, 2.24) is 0 Å². The van der Waals surface area contributed by atoms with Gasteiger partial charge in [-0.05, 0) is 25.7 Å². The van der Waals surface area contributed by atoms with E-state index in [2.05, 4.69) is 20.8 Å². The Morgan fingerprint density at radius 2 is 0.676 bits per heavy atom. The molecule has 6 nitrogen and oxygen atoms in total. The van der Waals surface area contributed by atoms with E-state index in [0.29, 0.717) is 6.42 Å². The number of unbranched alkanes of at least 4 members (excludes halogenated alkanes) is 15. The second kappa shape index (κ2) is 24.7. The largest absolute Gasteiger partial charge is 0.464 e. The van der Waals surface area contributed by atoms with Crippen LogP contribution in [-0.2, 0) is 28.6 Å². The fourth-order valence-corrected chi connectivity index (χ4v) is 4.44. The zero-order chi connectivity index (χ0) is 27.6. The third kappa shape index (κ3) is 16.1. The van der Waals surface area contributed by atoms with Gasteiger partial charge >= 0.3 is 17.9 Å². The van der Waals surface area contributed by atoms with E-state index in [1.165, 1.54) is 57.8 Å². The van der Waals surface area contributed by atoms with Gasteiger partial charge in [0, 0.05) is 0 Å². The molecule has 0 aromatic heterocycles. The summed E-state index contributed by atoms with van der Waals surface area (Å²) in [4.78, 5) is 39.8. The van der Waals surface area contributed by atoms with Crippen LogP contribution < -0.4 is 0 Å². The molecule has 0 unspecified atom stereocenters. The van der Waals surface area contributed by atoms with Crippen molar-refractivity contribution < 1.29 is 28.6 Å². The molecule has 0 bridgehead atoms. The lowest BCUT2D eigenvalue weighted by atomic mass is 9.83. The minimum absolute atomic E-state index is 0.0347. The Morgan fingerprint density at radius 3 is 0.946 bits per heavy atom. The molecule has 0 aliphatic carbocycles. The maximum atomic E-state index is 13.3. The molecule has 218 valence electrons. The summed E-state index contributed by atoms with van der Waals surface area (Å²) in [5, 5.41) is 0. The molecule has 0 atom stereocenters. The van der Waals surface area contributed by atoms with Crippen LogP contribution in [-0.4, -0.2) is 37.7 Å². The maximum absolute atomic E-state index is 13.3. The molecule has 0 amide bonds. The molecule has 0 aromatic carbocycles. The van der Waals surface area contributed by atoms with Gasteiger partial charge in [0.25, 0.3) is 5.41 Å². The van der Waals surface area contributed by atoms with Crippen LogP contribution in [0.4, 0.5) is 0 Å². The van der Waals surface area contributed by atoms with E-state index in [0.717, 1.165) is 57.8 Å². The third-order valence-electron chi connectivity index (χ3n) is 6.86. The molecule has 0 aliphatic rings. The Labute approximate surface area is 228 Å². The van der Waals surface area contributed by atoms with Crippen LogP contribution in [0.2, 0.25) is 0 Å². The number of esters is 3. The molecular weight excluding hydrogens is 468 g/mol. The molecule has 0 saturated heterocycles. The van der Waals surface area contributed by atoms with Crippen molar-refractivity contribution in [3.8, 4) is 0 Å². The quantitative estimate of drug-likeness (QED) is 0.0486. The van der Waals surface area contributed by atoms with Crippen LogP contribution in [0.15, 0.2) is 0 Å². The number of rotatable bonds is 26. The molecule has 0 N–H and O–H groups in total. The third-order valence-corrected chi connectivity index (χ3v) is 6.86. The number of hydrogen-bond donors (Lipinski definition) is 0. The first kappa shape index (κ1) is 35.4. The van der Waals surface area contributed by atoms with E-state index in [-0.39, 0.29) is 26.2 Å². The van der Waals surface area contributed by atoms with Gasteiger partial charge in [0.1, 0.15) is 0 Å². The van der Waals surface area contributed by atoms with Crippen LogP contribution in [0.1, 0.15) is 156 Å². The van der Waals surface area contributed by atoms with Crippen molar-refractivity contribution in [1.29, 1.82) is 0 Å². The first-order valence-electron chi connectivity index (χ1n) is 15.5. The highest BCUT2D eigenvalue weighted by molar-refractivity contribution is 6.17. The zero-order valence-electron chi connectivity index (χ0n) is 24.7. The van der Waals surface area contributed by atoms with Crippen LogP contribution in [0.25, 0.3) is 0 Å². The van der Waals surface area contributed by atoms with Gasteiger partial charge in [-0.25, -0.2) is 0 Å². The molecular formula is C31H58O6. The van der Waals surface area contributed by atoms with Crippen molar-refractivity contribution >= 4 is 17.9 Å². The van der Waals surface area contributed by atoms with Gasteiger partial charge in [0.05, 0.1) is 19.8 Å². The summed E-state index contributed by atoms with van der Waals surface area (Å²) in [6.45, 7) is 8.96. The summed E-state index contributed by atoms with van der Waals surface area (Å²) in [6, 6.07) is 0. The van der Waals surface area contributed by atoms with Gasteiger partial charge in [-0.1, -0.05) is 130 Å². The van der Waals surface area contributed by atoms with Crippen molar-refractivity contribution in [3.63, 3.8) is 0 Å². The zero-order valence-corrected chi connectivity index (χ0v) is 24.7. The molecule has 0 aliphatic heterocycles. The maximum Gasteiger partial charge on any atom is 0.335 e. The molecule has 0 heterocycles. The molecule has 37 heavy (non-hydrogen) atoms. The molecule has 0 radical (unpaired) electrons. The first-order valence-corrected chi connectivity index (χ1v) is 15.5. The predicted octanol–water partition coefficient (Wildman–Crippen LogP) is 8.48. The van der Waals surface area contributed by atoms with E-state index in [1.807, 2.05) is 6.92 Å². The van der Waals surface area contributed by atoms with Crippen molar-refractivity contribution in [2.45, 2.75) is 156 Å². The lowest BCUT2D eigenvalue weighted by molar-refractivity contribution is -0.185. The number of hydrogen-bond acceptors (Lipinski definition) is 6. The summed E-state index contributed by atoms with van der Waals surface area (Å²) >= 11 is 0. The summed E-state index contributed by atoms with van der Waals surface area (Å²) < 4.78 is 16.5. The van der Waals surface area contributed by atoms with Gasteiger partial charge in [-0.15, -0.1) is 0 Å². The van der Waals surface area contributed by atoms with Crippen LogP contribution in [0.3, 0.4) is 0 Å². The first-order chi connectivity index (χ1) is 18.0. The number of ether oxygens (including phenoxy) is 3. The SMILES string of the molecule is CCCCCCCCOC(=O)C(CCC)(C(=O)OCCCCCCCC)C(=O)OCCCCCCCC. The fourth-order valence-electron chi connectivity index (χ4n) is 4.44. The average Bonchev–Trinajstić information content (AvgIpc) is 2.89. The minimum atomic E-state index is -2.03. The fraction of sp³-hybridized carbons (Fsp3) is 0.903. The lowest BCUT2D eigenvalue weighted by Crippen LogP contribution is -2.49. The topological polar surface area (TPSA) is 78.9 Å². The lowest BCUT2D eigenvalue weighted by Gasteiger charge is -2.27. The molecule has 0 spiro atoms. The van der Waals surface area contributed by atoms with Crippen LogP contribution in [0.5, 0.6) is 0 Å². The normalized spacial score (nSPS) is 11.4. The van der Waals surface area contributed by atoms with Crippen molar-refractivity contribution in [2.75, 3.05) is 19.8 Å². The average molecular weight is 527 g/mol. The highest BCUT2D eigenvalue weighted by atomic mass is 16.6. The van der Waals surface area contributed by atoms with Gasteiger partial charge in [0.15, 0.2) is 0 Å². The number of carbonyl (C=O) groups excluding carboxylic acids is 3. The highest BCUT2D eigenvalue weighted by Gasteiger charge is 2.56. The summed E-state index contributed by atoms with van der Waals surface area (Å²) in [5.74, 6) is -2.45. The van der Waals surface area contributed by atoms with Crippen molar-refractivity contribution in [2.24, 2.45) is 5.41 Å². The van der Waals surface area contributed by atoms with E-state index < -0.39 is 23.3 Å². The Morgan fingerprint density at radius 1 is 0.405 bits per heavy atom. The van der Waals surface area contributed by atoms with E-state index in [9.17, 15) is 14.4 Å². The Bertz CT molecular complexity index is 500. The Kier molecular flexibility index (Phi) is 23.7. The summed E-state index contributed by atoms with van der Waals surface area (Å²) in [5.41, 5.74) is -2.03. The Balaban J connectivity index is 5.07. The van der Waals surface area contributed by atoms with Gasteiger partial charge in [-0.2, -0.15) is 0 Å². The summed E-state index contributed by atoms with van der Waals surface area (Å²) in [6.07, 6.45) is 19.4. The monoisotopic (exact) mass is 526 g/mol. The van der Waals surface area contributed by atoms with Gasteiger partial charge < -0.3 is 14.2 Å². The second-order valence-corrected chi connectivity index (χ2v) is 10.4. The molecule has 0 saturated carbocycles. The minimum Gasteiger partial charge on any atom is -0.464 e. The molecule has 0 fully saturated rings. The predicted molar refractivity (Wildman–Crippen MR) is 150 cm³/mol. The number of carbonyl (C=O) groups is 3. The highest BCUT2D eigenvalue weighted by Crippen LogP contribution is 2.31. The summed E-state index contributed by atoms with van der Waals surface area (Å²) in [7, 11) is 0. The van der Waals surface area contributed by atoms with Crippen LogP contribution in [0, 0.1) is 5.41 Å². The molecule has 6 heteroatoms. The van der Waals surface area contributed by atoms with E-state index in [4.69, 9.17) is 14.2 Å². The molecule has 0 rings (SSSR count). The van der Waals surface area contributed by atoms with Gasteiger partial charge in [0.2, 0.25) is 0 Å².